The Morgan fingerprint density at radius 2 is 2.00 bits per heavy atom. The highest BCUT2D eigenvalue weighted by Crippen LogP contribution is 2.19. The normalized spacial score (nSPS) is 12.1. The molecule has 2 N–H and O–H groups in total. The summed E-state index contributed by atoms with van der Waals surface area (Å²) in [5, 5.41) is 15.2. The number of rotatable bonds is 8. The Kier molecular flexibility index (Phi) is 5.98. The van der Waals surface area contributed by atoms with Crippen molar-refractivity contribution in [2.24, 2.45) is 0 Å². The van der Waals surface area contributed by atoms with Gasteiger partial charge in [-0.2, -0.15) is 0 Å². The lowest BCUT2D eigenvalue weighted by atomic mass is 10.3. The van der Waals surface area contributed by atoms with E-state index in [2.05, 4.69) is 10.3 Å². The number of nitrogens with one attached hydrogen (secondary N) is 1. The van der Waals surface area contributed by atoms with Gasteiger partial charge in [0.1, 0.15) is 23.1 Å². The first-order chi connectivity index (χ1) is 10.2. The van der Waals surface area contributed by atoms with E-state index in [0.717, 1.165) is 22.2 Å². The standard InChI is InChI=1S/C15H20N2O3S/c1-11(18)7-16-8-12-10-21-15(17-12)9-20-14-5-3-13(19-2)4-6-14/h3-6,10-11,16,18H,7-9H2,1-2H3. The minimum absolute atomic E-state index is 0.346. The van der Waals surface area contributed by atoms with E-state index in [0.29, 0.717) is 19.7 Å². The number of benzene rings is 1. The quantitative estimate of drug-likeness (QED) is 0.783. The monoisotopic (exact) mass is 308 g/mol. The Hall–Kier alpha value is -1.63. The van der Waals surface area contributed by atoms with Crippen molar-refractivity contribution in [3.8, 4) is 11.5 Å². The van der Waals surface area contributed by atoms with Gasteiger partial charge in [0.2, 0.25) is 0 Å². The number of hydrogen-bond acceptors (Lipinski definition) is 6. The van der Waals surface area contributed by atoms with Crippen LogP contribution in [0, 0.1) is 0 Å². The number of ether oxygens (including phenoxy) is 2. The van der Waals surface area contributed by atoms with Crippen LogP contribution in [0.3, 0.4) is 0 Å². The van der Waals surface area contributed by atoms with Gasteiger partial charge < -0.3 is 19.9 Å². The van der Waals surface area contributed by atoms with E-state index >= 15 is 0 Å². The summed E-state index contributed by atoms with van der Waals surface area (Å²) in [6.07, 6.45) is -0.346. The molecule has 114 valence electrons. The molecule has 6 heteroatoms. The molecular weight excluding hydrogens is 288 g/mol. The summed E-state index contributed by atoms with van der Waals surface area (Å²) >= 11 is 1.57. The van der Waals surface area contributed by atoms with Crippen LogP contribution in [0.4, 0.5) is 0 Å². The van der Waals surface area contributed by atoms with Crippen molar-refractivity contribution in [1.29, 1.82) is 0 Å². The average Bonchev–Trinajstić information content (AvgIpc) is 2.93. The first kappa shape index (κ1) is 15.8. The Balaban J connectivity index is 1.79. The third-order valence-electron chi connectivity index (χ3n) is 2.77. The van der Waals surface area contributed by atoms with Crippen LogP contribution in [0.1, 0.15) is 17.6 Å². The fraction of sp³-hybridized carbons (Fsp3) is 0.400. The van der Waals surface area contributed by atoms with Crippen LogP contribution in [0.15, 0.2) is 29.6 Å². The van der Waals surface area contributed by atoms with E-state index in [4.69, 9.17) is 9.47 Å². The number of methoxy groups -OCH3 is 1. The molecule has 2 rings (SSSR count). The summed E-state index contributed by atoms with van der Waals surface area (Å²) in [5.74, 6) is 1.60. The van der Waals surface area contributed by atoms with Crippen molar-refractivity contribution in [2.45, 2.75) is 26.2 Å². The zero-order valence-corrected chi connectivity index (χ0v) is 13.0. The van der Waals surface area contributed by atoms with Crippen molar-refractivity contribution >= 4 is 11.3 Å². The molecule has 1 atom stereocenters. The molecule has 1 aromatic heterocycles. The number of aromatic nitrogens is 1. The van der Waals surface area contributed by atoms with Crippen LogP contribution in [0.5, 0.6) is 11.5 Å². The highest BCUT2D eigenvalue weighted by Gasteiger charge is 2.04. The van der Waals surface area contributed by atoms with E-state index in [-0.39, 0.29) is 6.10 Å². The highest BCUT2D eigenvalue weighted by atomic mass is 32.1. The van der Waals surface area contributed by atoms with E-state index in [1.54, 1.807) is 25.4 Å². The number of thiazole rings is 1. The van der Waals surface area contributed by atoms with Crippen LogP contribution in [0.2, 0.25) is 0 Å². The molecule has 0 radical (unpaired) electrons. The first-order valence-electron chi connectivity index (χ1n) is 6.76. The molecule has 0 amide bonds. The molecule has 0 spiro atoms. The summed E-state index contributed by atoms with van der Waals surface area (Å²) in [6, 6.07) is 7.47. The molecule has 0 fully saturated rings. The Bertz CT molecular complexity index is 540. The average molecular weight is 308 g/mol. The van der Waals surface area contributed by atoms with Gasteiger partial charge in [0.25, 0.3) is 0 Å². The lowest BCUT2D eigenvalue weighted by Gasteiger charge is -2.05. The van der Waals surface area contributed by atoms with Gasteiger partial charge in [-0.1, -0.05) is 0 Å². The lowest BCUT2D eigenvalue weighted by Crippen LogP contribution is -2.23. The number of nitrogens with zero attached hydrogens (tertiary/aromatic N) is 1. The van der Waals surface area contributed by atoms with E-state index in [1.807, 2.05) is 29.6 Å². The van der Waals surface area contributed by atoms with Crippen LogP contribution in [-0.2, 0) is 13.2 Å². The lowest BCUT2D eigenvalue weighted by molar-refractivity contribution is 0.191. The molecule has 0 aliphatic carbocycles. The molecule has 0 aliphatic heterocycles. The van der Waals surface area contributed by atoms with E-state index in [1.165, 1.54) is 0 Å². The third kappa shape index (κ3) is 5.34. The Labute approximate surface area is 128 Å². The largest absolute Gasteiger partial charge is 0.497 e. The minimum Gasteiger partial charge on any atom is -0.497 e. The zero-order chi connectivity index (χ0) is 15.1. The molecule has 5 nitrogen and oxygen atoms in total. The van der Waals surface area contributed by atoms with Crippen molar-refractivity contribution in [3.05, 3.63) is 40.3 Å². The maximum atomic E-state index is 9.17. The number of aliphatic hydroxyl groups is 1. The summed E-state index contributed by atoms with van der Waals surface area (Å²) < 4.78 is 10.8. The zero-order valence-electron chi connectivity index (χ0n) is 12.2. The molecule has 1 aromatic carbocycles. The van der Waals surface area contributed by atoms with Crippen LogP contribution < -0.4 is 14.8 Å². The van der Waals surface area contributed by atoms with Crippen LogP contribution >= 0.6 is 11.3 Å². The molecule has 21 heavy (non-hydrogen) atoms. The molecule has 1 unspecified atom stereocenters. The fourth-order valence-electron chi connectivity index (χ4n) is 1.72. The Morgan fingerprint density at radius 1 is 1.29 bits per heavy atom. The van der Waals surface area contributed by atoms with Gasteiger partial charge in [0.15, 0.2) is 0 Å². The Morgan fingerprint density at radius 3 is 2.67 bits per heavy atom. The van der Waals surface area contributed by atoms with E-state index < -0.39 is 0 Å². The van der Waals surface area contributed by atoms with Gasteiger partial charge >= 0.3 is 0 Å². The molecule has 0 bridgehead atoms. The summed E-state index contributed by atoms with van der Waals surface area (Å²) in [5.41, 5.74) is 0.967. The number of hydrogen-bond donors (Lipinski definition) is 2. The van der Waals surface area contributed by atoms with Crippen LogP contribution in [0.25, 0.3) is 0 Å². The predicted octanol–water partition coefficient (Wildman–Crippen LogP) is 2.20. The smallest absolute Gasteiger partial charge is 0.140 e. The molecular formula is C15H20N2O3S. The van der Waals surface area contributed by atoms with Gasteiger partial charge in [0.05, 0.1) is 18.9 Å². The maximum Gasteiger partial charge on any atom is 0.140 e. The summed E-state index contributed by atoms with van der Waals surface area (Å²) in [6.45, 7) is 3.43. The van der Waals surface area contributed by atoms with Gasteiger partial charge in [-0.3, -0.25) is 0 Å². The maximum absolute atomic E-state index is 9.17. The van der Waals surface area contributed by atoms with Gasteiger partial charge in [-0.25, -0.2) is 4.98 Å². The molecule has 1 heterocycles. The van der Waals surface area contributed by atoms with Gasteiger partial charge in [-0.15, -0.1) is 11.3 Å². The first-order valence-corrected chi connectivity index (χ1v) is 7.64. The van der Waals surface area contributed by atoms with Gasteiger partial charge in [-0.05, 0) is 31.2 Å². The highest BCUT2D eigenvalue weighted by molar-refractivity contribution is 7.09. The van der Waals surface area contributed by atoms with Crippen molar-refractivity contribution in [1.82, 2.24) is 10.3 Å². The second-order valence-corrected chi connectivity index (χ2v) is 5.62. The third-order valence-corrected chi connectivity index (χ3v) is 3.64. The predicted molar refractivity (Wildman–Crippen MR) is 82.8 cm³/mol. The topological polar surface area (TPSA) is 63.6 Å². The molecule has 0 saturated carbocycles. The number of aliphatic hydroxyl groups excluding tert-OH is 1. The van der Waals surface area contributed by atoms with E-state index in [9.17, 15) is 5.11 Å². The van der Waals surface area contributed by atoms with Crippen molar-refractivity contribution < 1.29 is 14.6 Å². The second kappa shape index (κ2) is 7.97. The summed E-state index contributed by atoms with van der Waals surface area (Å²) in [7, 11) is 1.64. The molecule has 0 saturated heterocycles. The van der Waals surface area contributed by atoms with Crippen molar-refractivity contribution in [3.63, 3.8) is 0 Å². The molecule has 2 aromatic rings. The summed E-state index contributed by atoms with van der Waals surface area (Å²) in [4.78, 5) is 4.48. The fourth-order valence-corrected chi connectivity index (χ4v) is 2.43. The van der Waals surface area contributed by atoms with Crippen LogP contribution in [-0.4, -0.2) is 29.8 Å². The van der Waals surface area contributed by atoms with Crippen molar-refractivity contribution in [2.75, 3.05) is 13.7 Å². The minimum atomic E-state index is -0.346. The SMILES string of the molecule is COc1ccc(OCc2nc(CNCC(C)O)cs2)cc1. The second-order valence-electron chi connectivity index (χ2n) is 4.68. The molecule has 0 aliphatic rings. The van der Waals surface area contributed by atoms with Gasteiger partial charge in [0, 0.05) is 18.5 Å².